The van der Waals surface area contributed by atoms with E-state index in [0.717, 1.165) is 44.2 Å². The summed E-state index contributed by atoms with van der Waals surface area (Å²) in [5.74, 6) is -1.04. The molecule has 47 heavy (non-hydrogen) atoms. The van der Waals surface area contributed by atoms with Crippen LogP contribution in [0.5, 0.6) is 0 Å². The smallest absolute Gasteiger partial charge is 0.246 e. The monoisotopic (exact) mass is 651 g/mol. The second-order valence-electron chi connectivity index (χ2n) is 12.8. The normalized spacial score (nSPS) is 25.3. The summed E-state index contributed by atoms with van der Waals surface area (Å²) in [6.07, 6.45) is 12.2. The lowest BCUT2D eigenvalue weighted by Crippen LogP contribution is -2.57. The molecular weight excluding hydrogens is 617 g/mol. The summed E-state index contributed by atoms with van der Waals surface area (Å²) in [4.78, 5) is 31.8. The van der Waals surface area contributed by atoms with Gasteiger partial charge >= 0.3 is 0 Å². The maximum Gasteiger partial charge on any atom is 0.246 e. The van der Waals surface area contributed by atoms with E-state index in [9.17, 15) is 10.1 Å². The minimum absolute atomic E-state index is 0.0670. The molecule has 3 fully saturated rings. The molecule has 0 spiro atoms. The van der Waals surface area contributed by atoms with E-state index < -0.39 is 23.8 Å². The van der Waals surface area contributed by atoms with E-state index in [1.165, 1.54) is 12.2 Å². The number of allylic oxidation sites excluding steroid dienone is 2. The van der Waals surface area contributed by atoms with Crippen molar-refractivity contribution in [1.29, 1.82) is 5.26 Å². The lowest BCUT2D eigenvalue weighted by atomic mass is 9.82. The molecule has 3 atom stereocenters. The highest BCUT2D eigenvalue weighted by Crippen LogP contribution is 2.44. The molecule has 1 amide bonds. The first kappa shape index (κ1) is 31.1. The molecule has 5 heterocycles. The maximum atomic E-state index is 16.4. The Kier molecular flexibility index (Phi) is 8.34. The van der Waals surface area contributed by atoms with Crippen molar-refractivity contribution >= 4 is 39.8 Å². The van der Waals surface area contributed by atoms with Crippen LogP contribution < -0.4 is 0 Å². The first-order chi connectivity index (χ1) is 22.9. The van der Waals surface area contributed by atoms with Crippen molar-refractivity contribution in [3.05, 3.63) is 94.5 Å². The summed E-state index contributed by atoms with van der Waals surface area (Å²) in [5, 5.41) is 12.6. The molecule has 3 saturated heterocycles. The number of pyridine rings is 1. The molecule has 9 nitrogen and oxygen atoms in total. The molecule has 11 heteroatoms. The van der Waals surface area contributed by atoms with Crippen molar-refractivity contribution in [2.75, 3.05) is 45.9 Å². The summed E-state index contributed by atoms with van der Waals surface area (Å²) < 4.78 is 22.9. The van der Waals surface area contributed by atoms with Gasteiger partial charge in [0.05, 0.1) is 11.6 Å². The van der Waals surface area contributed by atoms with Crippen molar-refractivity contribution in [2.24, 2.45) is 10.9 Å². The van der Waals surface area contributed by atoms with Crippen molar-refractivity contribution in [2.45, 2.75) is 43.3 Å². The molecule has 7 rings (SSSR count). The molecule has 1 aliphatic carbocycles. The number of dihydropyridines is 1. The number of fused-ring (bicyclic) bond motifs is 3. The number of benzene rings is 1. The van der Waals surface area contributed by atoms with Crippen LogP contribution in [0.3, 0.4) is 0 Å². The van der Waals surface area contributed by atoms with Gasteiger partial charge in [0.15, 0.2) is 0 Å². The number of halogens is 2. The number of amides is 1. The Labute approximate surface area is 278 Å². The second kappa shape index (κ2) is 12.6. The van der Waals surface area contributed by atoms with Gasteiger partial charge in [-0.3, -0.25) is 14.7 Å². The molecule has 1 aromatic heterocycles. The van der Waals surface area contributed by atoms with Gasteiger partial charge in [0.25, 0.3) is 0 Å². The van der Waals surface area contributed by atoms with Crippen LogP contribution in [0.2, 0.25) is 5.02 Å². The largest absolute Gasteiger partial charge is 0.475 e. The first-order valence-corrected chi connectivity index (χ1v) is 16.5. The second-order valence-corrected chi connectivity index (χ2v) is 13.2. The predicted octanol–water partition coefficient (Wildman–Crippen LogP) is 5.58. The molecule has 4 aliphatic heterocycles. The Morgan fingerprint density at radius 3 is 2.79 bits per heavy atom. The summed E-state index contributed by atoms with van der Waals surface area (Å²) in [7, 11) is 0. The zero-order valence-corrected chi connectivity index (χ0v) is 26.8. The molecule has 5 aliphatic rings. The van der Waals surface area contributed by atoms with Gasteiger partial charge < -0.3 is 19.4 Å². The van der Waals surface area contributed by atoms with Gasteiger partial charge in [-0.15, -0.1) is 0 Å². The summed E-state index contributed by atoms with van der Waals surface area (Å²) in [6, 6.07) is 6.87. The SMILES string of the molecule is [C-]#[N+]C[C@H]1CN(C2=C(C#N)C(OCC34CCCN3CCC4)=NC3C=C(c4cncc5cccc(Cl)c45)C(F)=CC23)CCN1C(=O)C=C. The fourth-order valence-electron chi connectivity index (χ4n) is 8.14. The summed E-state index contributed by atoms with van der Waals surface area (Å²) in [6.45, 7) is 14.8. The van der Waals surface area contributed by atoms with Crippen LogP contribution >= 0.6 is 11.6 Å². The van der Waals surface area contributed by atoms with Crippen LogP contribution in [0.15, 0.2) is 77.5 Å². The van der Waals surface area contributed by atoms with E-state index in [4.69, 9.17) is 27.9 Å². The molecule has 0 radical (unpaired) electrons. The van der Waals surface area contributed by atoms with Crippen LogP contribution in [0, 0.1) is 23.8 Å². The van der Waals surface area contributed by atoms with Gasteiger partial charge in [-0.25, -0.2) is 16.0 Å². The number of aromatic nitrogens is 1. The fraction of sp³-hybridized carbons (Fsp3) is 0.417. The van der Waals surface area contributed by atoms with Crippen molar-refractivity contribution in [3.63, 3.8) is 0 Å². The first-order valence-electron chi connectivity index (χ1n) is 16.1. The van der Waals surface area contributed by atoms with E-state index >= 15 is 4.39 Å². The number of piperazine rings is 1. The number of nitrogens with zero attached hydrogens (tertiary/aromatic N) is 7. The zero-order valence-electron chi connectivity index (χ0n) is 26.0. The van der Waals surface area contributed by atoms with Gasteiger partial charge in [-0.05, 0) is 63.1 Å². The number of rotatable bonds is 6. The number of hydrogen-bond acceptors (Lipinski definition) is 7. The number of aliphatic imine (C=N–C) groups is 1. The van der Waals surface area contributed by atoms with Gasteiger partial charge in [-0.1, -0.05) is 30.3 Å². The van der Waals surface area contributed by atoms with E-state index in [1.807, 2.05) is 17.0 Å². The van der Waals surface area contributed by atoms with E-state index in [2.05, 4.69) is 27.4 Å². The number of ether oxygens (including phenoxy) is 1. The Bertz CT molecular complexity index is 1840. The lowest BCUT2D eigenvalue weighted by Gasteiger charge is -2.44. The van der Waals surface area contributed by atoms with Crippen LogP contribution in [0.1, 0.15) is 31.2 Å². The molecule has 2 aromatic rings. The molecule has 0 bridgehead atoms. The highest BCUT2D eigenvalue weighted by molar-refractivity contribution is 6.36. The van der Waals surface area contributed by atoms with Crippen LogP contribution in [-0.2, 0) is 9.53 Å². The third-order valence-corrected chi connectivity index (χ3v) is 10.7. The van der Waals surface area contributed by atoms with Crippen molar-refractivity contribution in [3.8, 4) is 6.07 Å². The minimum atomic E-state index is -0.595. The Morgan fingerprint density at radius 2 is 2.04 bits per heavy atom. The summed E-state index contributed by atoms with van der Waals surface area (Å²) >= 11 is 6.63. The van der Waals surface area contributed by atoms with Crippen LogP contribution in [-0.4, -0.2) is 95.0 Å². The fourth-order valence-corrected chi connectivity index (χ4v) is 8.42. The minimum Gasteiger partial charge on any atom is -0.475 e. The zero-order chi connectivity index (χ0) is 32.7. The highest BCUT2D eigenvalue weighted by atomic mass is 35.5. The number of hydrogen-bond donors (Lipinski definition) is 0. The van der Waals surface area contributed by atoms with E-state index in [-0.39, 0.29) is 29.5 Å². The maximum absolute atomic E-state index is 16.4. The van der Waals surface area contributed by atoms with Crippen LogP contribution in [0.4, 0.5) is 4.39 Å². The third-order valence-electron chi connectivity index (χ3n) is 10.3. The highest BCUT2D eigenvalue weighted by Gasteiger charge is 2.47. The van der Waals surface area contributed by atoms with E-state index in [0.29, 0.717) is 53.5 Å². The molecule has 0 N–H and O–H groups in total. The van der Waals surface area contributed by atoms with Gasteiger partial charge in [0.2, 0.25) is 18.3 Å². The topological polar surface area (TPSA) is 89.4 Å². The van der Waals surface area contributed by atoms with Crippen molar-refractivity contribution in [1.82, 2.24) is 19.7 Å². The average Bonchev–Trinajstić information content (AvgIpc) is 3.67. The third kappa shape index (κ3) is 5.40. The molecule has 0 saturated carbocycles. The number of nitriles is 1. The quantitative estimate of drug-likeness (QED) is 0.300. The van der Waals surface area contributed by atoms with E-state index in [1.54, 1.807) is 29.4 Å². The summed E-state index contributed by atoms with van der Waals surface area (Å²) in [5.41, 5.74) is 1.71. The number of carbonyl (C=O) groups is 1. The Morgan fingerprint density at radius 1 is 1.23 bits per heavy atom. The van der Waals surface area contributed by atoms with Crippen molar-refractivity contribution < 1.29 is 13.9 Å². The molecular formula is C36H35ClFN7O2. The van der Waals surface area contributed by atoms with Gasteiger partial charge in [0.1, 0.15) is 30.1 Å². The van der Waals surface area contributed by atoms with Gasteiger partial charge in [-0.2, -0.15) is 5.26 Å². The van der Waals surface area contributed by atoms with Crippen LogP contribution in [0.25, 0.3) is 21.2 Å². The Balaban J connectivity index is 1.30. The molecule has 240 valence electrons. The number of carbonyl (C=O) groups excluding carboxylic acids is 1. The molecule has 2 unspecified atom stereocenters. The standard InChI is InChI=1S/C36H35ClFN7O2/c1-3-32(46)45-14-13-43(21-24(45)19-40-2)34-26-15-30(38)25(28-20-41-18-23-7-4-8-29(37)33(23)28)16-31(26)42-35(27(34)17-39)47-22-36-9-5-11-44(36)12-6-10-36/h3-4,7-8,15-16,18,20,24,26,31H,1,5-6,9-14,19,21-22H2/t24-,26?,31?/m0/s1. The van der Waals surface area contributed by atoms with Gasteiger partial charge in [0, 0.05) is 70.6 Å². The average molecular weight is 652 g/mol. The molecule has 1 aromatic carbocycles. The predicted molar refractivity (Wildman–Crippen MR) is 179 cm³/mol. The Hall–Kier alpha value is -4.51. The lowest BCUT2D eigenvalue weighted by molar-refractivity contribution is -0.130.